The Morgan fingerprint density at radius 3 is 2.41 bits per heavy atom. The van der Waals surface area contributed by atoms with Crippen molar-refractivity contribution >= 4 is 35.4 Å². The molecule has 1 fully saturated rings. The van der Waals surface area contributed by atoms with Crippen LogP contribution in [0.3, 0.4) is 0 Å². The normalized spacial score (nSPS) is 15.3. The summed E-state index contributed by atoms with van der Waals surface area (Å²) in [6.07, 6.45) is 4.30. The van der Waals surface area contributed by atoms with E-state index in [1.165, 1.54) is 23.4 Å². The second-order valence-corrected chi connectivity index (χ2v) is 7.23. The van der Waals surface area contributed by atoms with Crippen LogP contribution in [0, 0.1) is 0 Å². The minimum atomic E-state index is 0.0871. The summed E-state index contributed by atoms with van der Waals surface area (Å²) in [5.74, 6) is 1.00. The summed E-state index contributed by atoms with van der Waals surface area (Å²) >= 11 is 1.26. The van der Waals surface area contributed by atoms with Gasteiger partial charge in [0, 0.05) is 38.8 Å². The van der Waals surface area contributed by atoms with Crippen LogP contribution in [-0.2, 0) is 4.79 Å². The summed E-state index contributed by atoms with van der Waals surface area (Å²) in [4.78, 5) is 24.8. The molecule has 7 nitrogen and oxygen atoms in total. The highest BCUT2D eigenvalue weighted by Crippen LogP contribution is 2.17. The number of amides is 1. The first-order valence-electron chi connectivity index (χ1n) is 8.85. The van der Waals surface area contributed by atoms with E-state index in [0.29, 0.717) is 16.8 Å². The molecule has 0 saturated carbocycles. The van der Waals surface area contributed by atoms with Gasteiger partial charge in [0.2, 0.25) is 5.91 Å². The molecule has 0 bridgehead atoms. The van der Waals surface area contributed by atoms with Gasteiger partial charge in [0.25, 0.3) is 0 Å². The molecule has 0 radical (unpaired) electrons. The van der Waals surface area contributed by atoms with Crippen LogP contribution in [0.25, 0.3) is 6.08 Å². The molecule has 1 amide bonds. The van der Waals surface area contributed by atoms with E-state index in [9.17, 15) is 4.79 Å². The van der Waals surface area contributed by atoms with E-state index >= 15 is 0 Å². The quantitative estimate of drug-likeness (QED) is 0.576. The van der Waals surface area contributed by atoms with Gasteiger partial charge in [-0.2, -0.15) is 0 Å². The molecule has 1 aromatic heterocycles. The van der Waals surface area contributed by atoms with Crippen molar-refractivity contribution in [3.05, 3.63) is 48.0 Å². The third-order valence-corrected chi connectivity index (χ3v) is 5.10. The van der Waals surface area contributed by atoms with E-state index in [1.54, 1.807) is 0 Å². The lowest BCUT2D eigenvalue weighted by Crippen LogP contribution is -2.49. The van der Waals surface area contributed by atoms with Gasteiger partial charge in [-0.3, -0.25) is 9.69 Å². The number of nitrogens with zero attached hydrogens (tertiary/aromatic N) is 4. The number of aromatic nitrogens is 2. The number of anilines is 2. The number of nitrogen functional groups attached to an aromatic ring is 2. The average Bonchev–Trinajstić information content (AvgIpc) is 2.67. The minimum absolute atomic E-state index is 0.0871. The van der Waals surface area contributed by atoms with Gasteiger partial charge in [-0.05, 0) is 5.56 Å². The number of hydrogen-bond acceptors (Lipinski definition) is 7. The number of thioether (sulfide) groups is 1. The maximum atomic E-state index is 12.4. The molecule has 3 rings (SSSR count). The topological polar surface area (TPSA) is 101 Å². The predicted octanol–water partition coefficient (Wildman–Crippen LogP) is 1.59. The van der Waals surface area contributed by atoms with Crippen molar-refractivity contribution in [2.24, 2.45) is 0 Å². The van der Waals surface area contributed by atoms with Crippen molar-refractivity contribution in [3.8, 4) is 0 Å². The summed E-state index contributed by atoms with van der Waals surface area (Å²) in [6, 6.07) is 11.7. The lowest BCUT2D eigenvalue weighted by atomic mass is 10.2. The number of carbonyl (C=O) groups is 1. The summed E-state index contributed by atoms with van der Waals surface area (Å²) in [6.45, 7) is 4.10. The molecule has 2 heterocycles. The van der Waals surface area contributed by atoms with Crippen LogP contribution in [0.2, 0.25) is 0 Å². The fourth-order valence-corrected chi connectivity index (χ4v) is 3.60. The zero-order chi connectivity index (χ0) is 19.1. The second-order valence-electron chi connectivity index (χ2n) is 6.28. The van der Waals surface area contributed by atoms with Gasteiger partial charge in [-0.1, -0.05) is 54.2 Å². The SMILES string of the molecule is Nc1cc(N)nc(SCC(=O)N2CCN(C/C=C/c3ccccc3)CC2)n1. The Balaban J connectivity index is 1.40. The Kier molecular flexibility index (Phi) is 6.67. The summed E-state index contributed by atoms with van der Waals surface area (Å²) < 4.78 is 0. The van der Waals surface area contributed by atoms with Crippen LogP contribution >= 0.6 is 11.8 Å². The van der Waals surface area contributed by atoms with Crippen LogP contribution in [0.1, 0.15) is 5.56 Å². The second kappa shape index (κ2) is 9.38. The molecular formula is C19H24N6OS. The van der Waals surface area contributed by atoms with Crippen molar-refractivity contribution in [2.45, 2.75) is 5.16 Å². The van der Waals surface area contributed by atoms with Gasteiger partial charge >= 0.3 is 0 Å². The zero-order valence-electron chi connectivity index (χ0n) is 15.1. The summed E-state index contributed by atoms with van der Waals surface area (Å²) in [7, 11) is 0. The average molecular weight is 385 g/mol. The Morgan fingerprint density at radius 2 is 1.74 bits per heavy atom. The van der Waals surface area contributed by atoms with Crippen LogP contribution in [0.4, 0.5) is 11.6 Å². The van der Waals surface area contributed by atoms with Crippen molar-refractivity contribution in [2.75, 3.05) is 49.9 Å². The van der Waals surface area contributed by atoms with Gasteiger partial charge in [0.1, 0.15) is 11.6 Å². The van der Waals surface area contributed by atoms with E-state index in [-0.39, 0.29) is 11.7 Å². The van der Waals surface area contributed by atoms with Crippen molar-refractivity contribution in [1.82, 2.24) is 19.8 Å². The molecule has 1 aromatic carbocycles. The monoisotopic (exact) mass is 384 g/mol. The molecule has 1 aliphatic rings. The Labute approximate surface area is 163 Å². The smallest absolute Gasteiger partial charge is 0.233 e. The molecule has 27 heavy (non-hydrogen) atoms. The van der Waals surface area contributed by atoms with Crippen LogP contribution in [-0.4, -0.2) is 64.2 Å². The fourth-order valence-electron chi connectivity index (χ4n) is 2.83. The molecule has 0 atom stereocenters. The van der Waals surface area contributed by atoms with Gasteiger partial charge in [0.05, 0.1) is 5.75 Å². The lowest BCUT2D eigenvalue weighted by Gasteiger charge is -2.34. The van der Waals surface area contributed by atoms with Crippen molar-refractivity contribution in [1.29, 1.82) is 0 Å². The van der Waals surface area contributed by atoms with E-state index in [1.807, 2.05) is 23.1 Å². The molecule has 0 unspecified atom stereocenters. The molecule has 0 aliphatic carbocycles. The third kappa shape index (κ3) is 5.97. The highest BCUT2D eigenvalue weighted by Gasteiger charge is 2.20. The molecule has 1 saturated heterocycles. The Morgan fingerprint density at radius 1 is 1.07 bits per heavy atom. The third-order valence-electron chi connectivity index (χ3n) is 4.27. The van der Waals surface area contributed by atoms with E-state index in [4.69, 9.17) is 11.5 Å². The number of nitrogens with two attached hydrogens (primary N) is 2. The number of carbonyl (C=O) groups excluding carboxylic acids is 1. The highest BCUT2D eigenvalue weighted by molar-refractivity contribution is 7.99. The maximum Gasteiger partial charge on any atom is 0.233 e. The van der Waals surface area contributed by atoms with E-state index in [0.717, 1.165) is 32.7 Å². The molecule has 142 valence electrons. The van der Waals surface area contributed by atoms with E-state index in [2.05, 4.69) is 39.2 Å². The number of benzene rings is 1. The highest BCUT2D eigenvalue weighted by atomic mass is 32.2. The standard InChI is InChI=1S/C19H24N6OS/c20-16-13-17(21)23-19(22-16)27-14-18(26)25-11-9-24(10-12-25)8-4-7-15-5-2-1-3-6-15/h1-7,13H,8-12,14H2,(H4,20,21,22,23)/b7-4+. The molecule has 0 spiro atoms. The largest absolute Gasteiger partial charge is 0.383 e. The van der Waals surface area contributed by atoms with Crippen molar-refractivity contribution in [3.63, 3.8) is 0 Å². The molecule has 8 heteroatoms. The number of piperazine rings is 1. The predicted molar refractivity (Wildman–Crippen MR) is 110 cm³/mol. The lowest BCUT2D eigenvalue weighted by molar-refractivity contribution is -0.130. The summed E-state index contributed by atoms with van der Waals surface area (Å²) in [5.41, 5.74) is 12.5. The first kappa shape index (κ1) is 19.2. The zero-order valence-corrected chi connectivity index (χ0v) is 15.9. The van der Waals surface area contributed by atoms with Gasteiger partial charge in [-0.15, -0.1) is 0 Å². The fraction of sp³-hybridized carbons (Fsp3) is 0.316. The maximum absolute atomic E-state index is 12.4. The number of hydrogen-bond donors (Lipinski definition) is 2. The summed E-state index contributed by atoms with van der Waals surface area (Å²) in [5, 5.41) is 0.436. The van der Waals surface area contributed by atoms with Crippen LogP contribution in [0.15, 0.2) is 47.6 Å². The van der Waals surface area contributed by atoms with Crippen LogP contribution in [0.5, 0.6) is 0 Å². The molecule has 4 N–H and O–H groups in total. The van der Waals surface area contributed by atoms with Crippen LogP contribution < -0.4 is 11.5 Å². The van der Waals surface area contributed by atoms with Gasteiger partial charge < -0.3 is 16.4 Å². The Bertz CT molecular complexity index is 770. The van der Waals surface area contributed by atoms with Gasteiger partial charge in [-0.25, -0.2) is 9.97 Å². The first-order chi connectivity index (χ1) is 13.1. The number of rotatable bonds is 6. The molecular weight excluding hydrogens is 360 g/mol. The minimum Gasteiger partial charge on any atom is -0.383 e. The first-order valence-corrected chi connectivity index (χ1v) is 9.83. The van der Waals surface area contributed by atoms with Gasteiger partial charge in [0.15, 0.2) is 5.16 Å². The molecule has 2 aromatic rings. The van der Waals surface area contributed by atoms with E-state index < -0.39 is 0 Å². The Hall–Kier alpha value is -2.58. The van der Waals surface area contributed by atoms with Crippen molar-refractivity contribution < 1.29 is 4.79 Å². The molecule has 1 aliphatic heterocycles.